The number of anilines is 1. The Bertz CT molecular complexity index is 511. The second kappa shape index (κ2) is 4.37. The molecule has 0 spiro atoms. The third-order valence-electron chi connectivity index (χ3n) is 3.46. The normalized spacial score (nSPS) is 17.5. The molecule has 1 aliphatic heterocycles. The Labute approximate surface area is 101 Å². The number of rotatable bonds is 2. The molecule has 3 rings (SSSR count). The van der Waals surface area contributed by atoms with E-state index in [1.165, 1.54) is 29.4 Å². The number of nitrogens with zero attached hydrogens (tertiary/aromatic N) is 2. The van der Waals surface area contributed by atoms with E-state index < -0.39 is 0 Å². The fourth-order valence-electron chi connectivity index (χ4n) is 2.46. The van der Waals surface area contributed by atoms with Crippen LogP contribution >= 0.6 is 0 Å². The minimum Gasteiger partial charge on any atom is -0.382 e. The first kappa shape index (κ1) is 10.6. The van der Waals surface area contributed by atoms with Crippen molar-refractivity contribution in [3.63, 3.8) is 0 Å². The van der Waals surface area contributed by atoms with Crippen molar-refractivity contribution >= 4 is 16.6 Å². The Balaban J connectivity index is 1.80. The SMILES string of the molecule is Cn1ncc2cc(NC3CCNCC3)ccc21. The Morgan fingerprint density at radius 2 is 2.18 bits per heavy atom. The lowest BCUT2D eigenvalue weighted by atomic mass is 10.1. The van der Waals surface area contributed by atoms with E-state index >= 15 is 0 Å². The van der Waals surface area contributed by atoms with Crippen molar-refractivity contribution < 1.29 is 0 Å². The number of benzene rings is 1. The molecule has 1 aromatic carbocycles. The maximum atomic E-state index is 4.26. The fourth-order valence-corrected chi connectivity index (χ4v) is 2.46. The zero-order valence-electron chi connectivity index (χ0n) is 10.1. The van der Waals surface area contributed by atoms with Crippen LogP contribution in [0.15, 0.2) is 24.4 Å². The molecule has 90 valence electrons. The second-order valence-corrected chi connectivity index (χ2v) is 4.71. The summed E-state index contributed by atoms with van der Waals surface area (Å²) in [6.07, 6.45) is 4.32. The molecule has 0 amide bonds. The van der Waals surface area contributed by atoms with Gasteiger partial charge in [0.2, 0.25) is 0 Å². The van der Waals surface area contributed by atoms with Gasteiger partial charge in [-0.1, -0.05) is 0 Å². The summed E-state index contributed by atoms with van der Waals surface area (Å²) >= 11 is 0. The van der Waals surface area contributed by atoms with Crippen LogP contribution in [0.25, 0.3) is 10.9 Å². The van der Waals surface area contributed by atoms with E-state index in [9.17, 15) is 0 Å². The highest BCUT2D eigenvalue weighted by molar-refractivity contribution is 5.82. The van der Waals surface area contributed by atoms with Crippen LogP contribution in [0.2, 0.25) is 0 Å². The van der Waals surface area contributed by atoms with Crippen molar-refractivity contribution in [2.45, 2.75) is 18.9 Å². The summed E-state index contributed by atoms with van der Waals surface area (Å²) in [6.45, 7) is 2.24. The zero-order valence-corrected chi connectivity index (χ0v) is 10.1. The van der Waals surface area contributed by atoms with Crippen LogP contribution in [0.4, 0.5) is 5.69 Å². The highest BCUT2D eigenvalue weighted by Gasteiger charge is 2.12. The molecule has 0 bridgehead atoms. The Morgan fingerprint density at radius 1 is 1.35 bits per heavy atom. The second-order valence-electron chi connectivity index (χ2n) is 4.71. The standard InChI is InChI=1S/C13H18N4/c1-17-13-3-2-12(8-10(13)9-15-17)16-11-4-6-14-7-5-11/h2-3,8-9,11,14,16H,4-7H2,1H3. The first-order chi connectivity index (χ1) is 8.33. The lowest BCUT2D eigenvalue weighted by Crippen LogP contribution is -2.35. The smallest absolute Gasteiger partial charge is 0.0680 e. The molecule has 0 atom stereocenters. The van der Waals surface area contributed by atoms with E-state index in [0.717, 1.165) is 13.1 Å². The van der Waals surface area contributed by atoms with Crippen molar-refractivity contribution in [1.29, 1.82) is 0 Å². The summed E-state index contributed by atoms with van der Waals surface area (Å²) in [4.78, 5) is 0. The minimum absolute atomic E-state index is 0.602. The average Bonchev–Trinajstić information content (AvgIpc) is 2.72. The minimum atomic E-state index is 0.602. The van der Waals surface area contributed by atoms with Gasteiger partial charge in [-0.15, -0.1) is 0 Å². The van der Waals surface area contributed by atoms with Crippen molar-refractivity contribution in [2.24, 2.45) is 7.05 Å². The molecule has 4 heteroatoms. The summed E-state index contributed by atoms with van der Waals surface area (Å²) in [7, 11) is 1.97. The maximum Gasteiger partial charge on any atom is 0.0680 e. The average molecular weight is 230 g/mol. The first-order valence-corrected chi connectivity index (χ1v) is 6.22. The summed E-state index contributed by atoms with van der Waals surface area (Å²) < 4.78 is 1.91. The summed E-state index contributed by atoms with van der Waals surface area (Å²) in [6, 6.07) is 7.06. The number of hydrogen-bond donors (Lipinski definition) is 2. The highest BCUT2D eigenvalue weighted by Crippen LogP contribution is 2.20. The summed E-state index contributed by atoms with van der Waals surface area (Å²) in [5, 5.41) is 12.4. The third-order valence-corrected chi connectivity index (χ3v) is 3.46. The van der Waals surface area contributed by atoms with Crippen LogP contribution in [-0.2, 0) is 7.05 Å². The molecule has 2 heterocycles. The molecule has 1 fully saturated rings. The van der Waals surface area contributed by atoms with E-state index in [0.29, 0.717) is 6.04 Å². The number of hydrogen-bond acceptors (Lipinski definition) is 3. The van der Waals surface area contributed by atoms with Gasteiger partial charge in [-0.2, -0.15) is 5.10 Å². The lowest BCUT2D eigenvalue weighted by Gasteiger charge is -2.24. The van der Waals surface area contributed by atoms with Gasteiger partial charge in [0.1, 0.15) is 0 Å². The molecule has 1 aromatic heterocycles. The molecule has 0 radical (unpaired) electrons. The largest absolute Gasteiger partial charge is 0.382 e. The molecule has 17 heavy (non-hydrogen) atoms. The quantitative estimate of drug-likeness (QED) is 0.825. The number of piperidine rings is 1. The van der Waals surface area contributed by atoms with Crippen LogP contribution in [0.5, 0.6) is 0 Å². The number of aromatic nitrogens is 2. The lowest BCUT2D eigenvalue weighted by molar-refractivity contribution is 0.479. The van der Waals surface area contributed by atoms with Crippen LogP contribution in [0.3, 0.4) is 0 Å². The fraction of sp³-hybridized carbons (Fsp3) is 0.462. The van der Waals surface area contributed by atoms with Gasteiger partial charge >= 0.3 is 0 Å². The van der Waals surface area contributed by atoms with Gasteiger partial charge in [-0.25, -0.2) is 0 Å². The monoisotopic (exact) mass is 230 g/mol. The van der Waals surface area contributed by atoms with E-state index in [1.807, 2.05) is 17.9 Å². The number of aryl methyl sites for hydroxylation is 1. The molecular weight excluding hydrogens is 212 g/mol. The zero-order chi connectivity index (χ0) is 11.7. The van der Waals surface area contributed by atoms with Crippen molar-refractivity contribution in [3.05, 3.63) is 24.4 Å². The molecule has 0 unspecified atom stereocenters. The Kier molecular flexibility index (Phi) is 2.73. The van der Waals surface area contributed by atoms with E-state index in [1.54, 1.807) is 0 Å². The topological polar surface area (TPSA) is 41.9 Å². The summed E-state index contributed by atoms with van der Waals surface area (Å²) in [5.41, 5.74) is 2.39. The molecular formula is C13H18N4. The predicted molar refractivity (Wildman–Crippen MR) is 70.2 cm³/mol. The van der Waals surface area contributed by atoms with Crippen molar-refractivity contribution in [3.8, 4) is 0 Å². The first-order valence-electron chi connectivity index (χ1n) is 6.22. The molecule has 1 aliphatic rings. The Morgan fingerprint density at radius 3 is 3.00 bits per heavy atom. The maximum absolute atomic E-state index is 4.26. The summed E-state index contributed by atoms with van der Waals surface area (Å²) in [5.74, 6) is 0. The van der Waals surface area contributed by atoms with Crippen LogP contribution in [-0.4, -0.2) is 28.9 Å². The molecule has 0 saturated carbocycles. The van der Waals surface area contributed by atoms with Gasteiger partial charge in [0.05, 0.1) is 11.7 Å². The Hall–Kier alpha value is -1.55. The van der Waals surface area contributed by atoms with Crippen molar-refractivity contribution in [2.75, 3.05) is 18.4 Å². The molecule has 4 nitrogen and oxygen atoms in total. The van der Waals surface area contributed by atoms with Gasteiger partial charge in [0.15, 0.2) is 0 Å². The van der Waals surface area contributed by atoms with Gasteiger partial charge in [-0.05, 0) is 44.1 Å². The molecule has 0 aliphatic carbocycles. The number of fused-ring (bicyclic) bond motifs is 1. The van der Waals surface area contributed by atoms with E-state index in [-0.39, 0.29) is 0 Å². The third kappa shape index (κ3) is 2.13. The van der Waals surface area contributed by atoms with Gasteiger partial charge in [0, 0.05) is 24.2 Å². The van der Waals surface area contributed by atoms with Gasteiger partial charge in [0.25, 0.3) is 0 Å². The van der Waals surface area contributed by atoms with Crippen LogP contribution in [0.1, 0.15) is 12.8 Å². The van der Waals surface area contributed by atoms with E-state index in [2.05, 4.69) is 33.9 Å². The van der Waals surface area contributed by atoms with Gasteiger partial charge in [-0.3, -0.25) is 4.68 Å². The predicted octanol–water partition coefficient (Wildman–Crippen LogP) is 1.74. The number of nitrogens with one attached hydrogen (secondary N) is 2. The molecule has 1 saturated heterocycles. The van der Waals surface area contributed by atoms with Crippen molar-refractivity contribution in [1.82, 2.24) is 15.1 Å². The van der Waals surface area contributed by atoms with Crippen LogP contribution < -0.4 is 10.6 Å². The molecule has 2 N–H and O–H groups in total. The van der Waals surface area contributed by atoms with Gasteiger partial charge < -0.3 is 10.6 Å². The van der Waals surface area contributed by atoms with E-state index in [4.69, 9.17) is 0 Å². The molecule has 2 aromatic rings. The highest BCUT2D eigenvalue weighted by atomic mass is 15.2. The van der Waals surface area contributed by atoms with Crippen LogP contribution in [0, 0.1) is 0 Å².